The lowest BCUT2D eigenvalue weighted by atomic mass is 9.93. The van der Waals surface area contributed by atoms with Gasteiger partial charge in [0.15, 0.2) is 0 Å². The number of rotatable bonds is 5. The summed E-state index contributed by atoms with van der Waals surface area (Å²) in [6.45, 7) is 0. The Kier molecular flexibility index (Phi) is 3.19. The van der Waals surface area contributed by atoms with Crippen molar-refractivity contribution < 1.29 is 14.7 Å². The van der Waals surface area contributed by atoms with Crippen molar-refractivity contribution in [2.24, 2.45) is 0 Å². The number of aromatic nitrogens is 3. The van der Waals surface area contributed by atoms with Crippen molar-refractivity contribution >= 4 is 11.9 Å². The summed E-state index contributed by atoms with van der Waals surface area (Å²) in [4.78, 5) is 27.4. The maximum Gasteiger partial charge on any atom is 0.305 e. The lowest BCUT2D eigenvalue weighted by molar-refractivity contribution is -0.138. The van der Waals surface area contributed by atoms with Crippen LogP contribution in [0.5, 0.6) is 0 Å². The molecule has 3 rings (SSSR count). The number of aromatic amines is 1. The first-order chi connectivity index (χ1) is 9.58. The minimum Gasteiger partial charge on any atom is -0.481 e. The second kappa shape index (κ2) is 4.88. The highest BCUT2D eigenvalue weighted by Gasteiger charge is 2.38. The number of amides is 1. The van der Waals surface area contributed by atoms with E-state index >= 15 is 0 Å². The Labute approximate surface area is 116 Å². The maximum absolute atomic E-state index is 12.2. The van der Waals surface area contributed by atoms with Gasteiger partial charge < -0.3 is 10.4 Å². The second-order valence-corrected chi connectivity index (χ2v) is 5.83. The Morgan fingerprint density at radius 3 is 2.65 bits per heavy atom. The third kappa shape index (κ3) is 2.66. The third-order valence-electron chi connectivity index (χ3n) is 4.10. The van der Waals surface area contributed by atoms with Crippen LogP contribution < -0.4 is 5.32 Å². The molecule has 1 aromatic rings. The SMILES string of the molecule is O=C(O)CC1(NC(=O)c2n[nH]c(C3CC3)n2)CCCC1. The Morgan fingerprint density at radius 2 is 2.05 bits per heavy atom. The van der Waals surface area contributed by atoms with Crippen LogP contribution in [0.2, 0.25) is 0 Å². The summed E-state index contributed by atoms with van der Waals surface area (Å²) in [5, 5.41) is 18.6. The highest BCUT2D eigenvalue weighted by atomic mass is 16.4. The van der Waals surface area contributed by atoms with Gasteiger partial charge in [0.1, 0.15) is 5.82 Å². The summed E-state index contributed by atoms with van der Waals surface area (Å²) in [6.07, 6.45) is 5.40. The molecule has 0 atom stereocenters. The molecule has 108 valence electrons. The highest BCUT2D eigenvalue weighted by Crippen LogP contribution is 2.38. The van der Waals surface area contributed by atoms with Crippen molar-refractivity contribution in [1.82, 2.24) is 20.5 Å². The zero-order chi connectivity index (χ0) is 14.2. The van der Waals surface area contributed by atoms with Gasteiger partial charge in [-0.2, -0.15) is 0 Å². The van der Waals surface area contributed by atoms with Crippen LogP contribution in [0.25, 0.3) is 0 Å². The maximum atomic E-state index is 12.2. The molecule has 0 saturated heterocycles. The standard InChI is InChI=1S/C13H18N4O3/c18-9(19)7-13(5-1-2-6-13)15-12(20)11-14-10(16-17-11)8-3-4-8/h8H,1-7H2,(H,15,20)(H,18,19)(H,14,16,17). The van der Waals surface area contributed by atoms with E-state index < -0.39 is 11.5 Å². The number of carboxylic acid groups (broad SMARTS) is 1. The zero-order valence-corrected chi connectivity index (χ0v) is 11.2. The quantitative estimate of drug-likeness (QED) is 0.750. The molecule has 0 unspecified atom stereocenters. The van der Waals surface area contributed by atoms with Gasteiger partial charge in [0, 0.05) is 5.92 Å². The lowest BCUT2D eigenvalue weighted by Crippen LogP contribution is -2.48. The van der Waals surface area contributed by atoms with Crippen LogP contribution in [-0.4, -0.2) is 37.7 Å². The van der Waals surface area contributed by atoms with Gasteiger partial charge in [0.2, 0.25) is 5.82 Å². The normalized spacial score (nSPS) is 20.8. The summed E-state index contributed by atoms with van der Waals surface area (Å²) in [6, 6.07) is 0. The Hall–Kier alpha value is -1.92. The van der Waals surface area contributed by atoms with E-state index in [1.807, 2.05) is 0 Å². The lowest BCUT2D eigenvalue weighted by Gasteiger charge is -2.27. The molecule has 0 radical (unpaired) electrons. The zero-order valence-electron chi connectivity index (χ0n) is 11.2. The molecule has 7 nitrogen and oxygen atoms in total. The molecule has 1 heterocycles. The van der Waals surface area contributed by atoms with Crippen molar-refractivity contribution in [3.8, 4) is 0 Å². The van der Waals surface area contributed by atoms with E-state index in [4.69, 9.17) is 5.11 Å². The molecular formula is C13H18N4O3. The molecule has 2 saturated carbocycles. The average molecular weight is 278 g/mol. The highest BCUT2D eigenvalue weighted by molar-refractivity contribution is 5.91. The molecule has 7 heteroatoms. The molecular weight excluding hydrogens is 260 g/mol. The summed E-state index contributed by atoms with van der Waals surface area (Å²) in [5.74, 6) is 0.0121. The topological polar surface area (TPSA) is 108 Å². The Morgan fingerprint density at radius 1 is 1.35 bits per heavy atom. The number of nitrogens with zero attached hydrogens (tertiary/aromatic N) is 2. The van der Waals surface area contributed by atoms with Crippen LogP contribution in [0.3, 0.4) is 0 Å². The van der Waals surface area contributed by atoms with Gasteiger partial charge in [-0.25, -0.2) is 4.98 Å². The predicted octanol–water partition coefficient (Wildman–Crippen LogP) is 1.20. The number of carboxylic acids is 1. The van der Waals surface area contributed by atoms with E-state index in [-0.39, 0.29) is 18.2 Å². The van der Waals surface area contributed by atoms with Gasteiger partial charge in [0.25, 0.3) is 5.91 Å². The summed E-state index contributed by atoms with van der Waals surface area (Å²) < 4.78 is 0. The first-order valence-electron chi connectivity index (χ1n) is 7.05. The average Bonchev–Trinajstić information content (AvgIpc) is 2.94. The first-order valence-corrected chi connectivity index (χ1v) is 7.05. The van der Waals surface area contributed by atoms with Gasteiger partial charge in [-0.05, 0) is 25.7 Å². The second-order valence-electron chi connectivity index (χ2n) is 5.83. The van der Waals surface area contributed by atoms with Crippen molar-refractivity contribution in [1.29, 1.82) is 0 Å². The monoisotopic (exact) mass is 278 g/mol. The fourth-order valence-electron chi connectivity index (χ4n) is 2.90. The first kappa shape index (κ1) is 13.1. The van der Waals surface area contributed by atoms with Gasteiger partial charge >= 0.3 is 5.97 Å². The number of nitrogens with one attached hydrogen (secondary N) is 2. The van der Waals surface area contributed by atoms with Crippen LogP contribution in [0, 0.1) is 0 Å². The van der Waals surface area contributed by atoms with Crippen molar-refractivity contribution in [3.63, 3.8) is 0 Å². The fourth-order valence-corrected chi connectivity index (χ4v) is 2.90. The molecule has 1 aromatic heterocycles. The van der Waals surface area contributed by atoms with Crippen molar-refractivity contribution in [2.75, 3.05) is 0 Å². The number of hydrogen-bond acceptors (Lipinski definition) is 4. The fraction of sp³-hybridized carbons (Fsp3) is 0.692. The van der Waals surface area contributed by atoms with Crippen LogP contribution in [0.1, 0.15) is 67.3 Å². The minimum absolute atomic E-state index is 0.0430. The van der Waals surface area contributed by atoms with Gasteiger partial charge in [-0.3, -0.25) is 14.7 Å². The van der Waals surface area contributed by atoms with Crippen LogP contribution in [0.4, 0.5) is 0 Å². The van der Waals surface area contributed by atoms with E-state index in [0.717, 1.165) is 31.5 Å². The number of hydrogen-bond donors (Lipinski definition) is 3. The van der Waals surface area contributed by atoms with Gasteiger partial charge in [0.05, 0.1) is 12.0 Å². The Bertz CT molecular complexity index is 529. The molecule has 0 bridgehead atoms. The van der Waals surface area contributed by atoms with E-state index in [0.29, 0.717) is 18.8 Å². The largest absolute Gasteiger partial charge is 0.481 e. The van der Waals surface area contributed by atoms with Crippen molar-refractivity contribution in [2.45, 2.75) is 56.4 Å². The number of carbonyl (C=O) groups is 2. The molecule has 2 aliphatic rings. The van der Waals surface area contributed by atoms with E-state index in [9.17, 15) is 9.59 Å². The predicted molar refractivity (Wildman–Crippen MR) is 69.3 cm³/mol. The van der Waals surface area contributed by atoms with Crippen LogP contribution >= 0.6 is 0 Å². The number of H-pyrrole nitrogens is 1. The van der Waals surface area contributed by atoms with E-state index in [1.54, 1.807) is 0 Å². The Balaban J connectivity index is 1.70. The van der Waals surface area contributed by atoms with Gasteiger partial charge in [-0.15, -0.1) is 5.10 Å². The number of carbonyl (C=O) groups excluding carboxylic acids is 1. The smallest absolute Gasteiger partial charge is 0.305 e. The summed E-state index contributed by atoms with van der Waals surface area (Å²) >= 11 is 0. The van der Waals surface area contributed by atoms with E-state index in [1.165, 1.54) is 0 Å². The number of aliphatic carboxylic acids is 1. The van der Waals surface area contributed by atoms with E-state index in [2.05, 4.69) is 20.5 Å². The molecule has 2 fully saturated rings. The van der Waals surface area contributed by atoms with Crippen molar-refractivity contribution in [3.05, 3.63) is 11.6 Å². The summed E-state index contributed by atoms with van der Waals surface area (Å²) in [7, 11) is 0. The third-order valence-corrected chi connectivity index (χ3v) is 4.10. The molecule has 20 heavy (non-hydrogen) atoms. The van der Waals surface area contributed by atoms with Crippen LogP contribution in [-0.2, 0) is 4.79 Å². The molecule has 0 spiro atoms. The molecule has 3 N–H and O–H groups in total. The summed E-state index contributed by atoms with van der Waals surface area (Å²) in [5.41, 5.74) is -0.636. The molecule has 1 amide bonds. The molecule has 2 aliphatic carbocycles. The van der Waals surface area contributed by atoms with Crippen LogP contribution in [0.15, 0.2) is 0 Å². The molecule has 0 aliphatic heterocycles. The minimum atomic E-state index is -0.888. The molecule has 0 aromatic carbocycles. The van der Waals surface area contributed by atoms with Gasteiger partial charge in [-0.1, -0.05) is 12.8 Å².